The summed E-state index contributed by atoms with van der Waals surface area (Å²) >= 11 is 0. The van der Waals surface area contributed by atoms with Gasteiger partial charge in [0, 0.05) is 13.3 Å². The van der Waals surface area contributed by atoms with E-state index in [9.17, 15) is 9.59 Å². The Labute approximate surface area is 106 Å². The van der Waals surface area contributed by atoms with Crippen molar-refractivity contribution in [3.05, 3.63) is 24.7 Å². The van der Waals surface area contributed by atoms with E-state index in [-0.39, 0.29) is 12.2 Å². The molecule has 0 bridgehead atoms. The lowest BCUT2D eigenvalue weighted by Gasteiger charge is -2.34. The minimum absolute atomic E-state index is 0.0211. The first kappa shape index (κ1) is 14.3. The molecule has 0 amide bonds. The molecule has 0 saturated heterocycles. The smallest absolute Gasteiger partial charge is 0.303 e. The molecule has 0 aromatic heterocycles. The molecule has 0 aromatic carbocycles. The first-order valence-electron chi connectivity index (χ1n) is 5.71. The third-order valence-electron chi connectivity index (χ3n) is 2.34. The largest absolute Gasteiger partial charge is 0.494 e. The summed E-state index contributed by atoms with van der Waals surface area (Å²) in [6, 6.07) is 0. The summed E-state index contributed by atoms with van der Waals surface area (Å²) in [5, 5.41) is 0. The average Bonchev–Trinajstić information content (AvgIpc) is 2.20. The fraction of sp³-hybridized carbons (Fsp3) is 0.538. The monoisotopic (exact) mass is 254 g/mol. The van der Waals surface area contributed by atoms with Crippen LogP contribution in [0.4, 0.5) is 0 Å². The second-order valence-corrected chi connectivity index (χ2v) is 4.27. The summed E-state index contributed by atoms with van der Waals surface area (Å²) in [6.07, 6.45) is 1.61. The lowest BCUT2D eigenvalue weighted by Crippen LogP contribution is -2.44. The number of ketones is 1. The van der Waals surface area contributed by atoms with Crippen LogP contribution in [-0.4, -0.2) is 30.1 Å². The topological polar surface area (TPSA) is 61.8 Å². The van der Waals surface area contributed by atoms with Gasteiger partial charge in [0.15, 0.2) is 12.2 Å². The second-order valence-electron chi connectivity index (χ2n) is 4.27. The molecule has 0 saturated carbocycles. The summed E-state index contributed by atoms with van der Waals surface area (Å²) in [5.74, 6) is 0.0419. The number of rotatable bonds is 5. The van der Waals surface area contributed by atoms with E-state index < -0.39 is 24.3 Å². The number of carbonyl (C=O) groups is 2. The fourth-order valence-electron chi connectivity index (χ4n) is 1.74. The van der Waals surface area contributed by atoms with Crippen molar-refractivity contribution in [1.82, 2.24) is 0 Å². The van der Waals surface area contributed by atoms with E-state index in [0.717, 1.165) is 0 Å². The van der Waals surface area contributed by atoms with Gasteiger partial charge in [-0.3, -0.25) is 9.59 Å². The number of ether oxygens (including phenoxy) is 3. The van der Waals surface area contributed by atoms with Crippen LogP contribution in [-0.2, 0) is 23.8 Å². The molecule has 0 aromatic rings. The quantitative estimate of drug-likeness (QED) is 0.552. The van der Waals surface area contributed by atoms with Crippen molar-refractivity contribution in [1.29, 1.82) is 0 Å². The number of Topliss-reactive ketones (excluding diaryl/α,β-unsaturated/α-hetero) is 1. The molecule has 100 valence electrons. The molecule has 0 aliphatic carbocycles. The predicted molar refractivity (Wildman–Crippen MR) is 64.6 cm³/mol. The van der Waals surface area contributed by atoms with Gasteiger partial charge in [0.25, 0.3) is 0 Å². The van der Waals surface area contributed by atoms with Gasteiger partial charge in [-0.05, 0) is 19.9 Å². The zero-order valence-corrected chi connectivity index (χ0v) is 10.8. The molecule has 1 rings (SSSR count). The molecular formula is C13H18O5. The van der Waals surface area contributed by atoms with Crippen molar-refractivity contribution in [2.45, 2.75) is 45.5 Å². The minimum Gasteiger partial charge on any atom is -0.494 e. The van der Waals surface area contributed by atoms with Gasteiger partial charge < -0.3 is 14.2 Å². The number of hydrogen-bond donors (Lipinski definition) is 0. The van der Waals surface area contributed by atoms with Crippen LogP contribution in [0.25, 0.3) is 0 Å². The van der Waals surface area contributed by atoms with Crippen molar-refractivity contribution in [3.8, 4) is 0 Å². The van der Waals surface area contributed by atoms with Crippen LogP contribution in [0, 0.1) is 0 Å². The van der Waals surface area contributed by atoms with Gasteiger partial charge in [0.2, 0.25) is 0 Å². The highest BCUT2D eigenvalue weighted by atomic mass is 16.6. The fourth-order valence-corrected chi connectivity index (χ4v) is 1.74. The maximum absolute atomic E-state index is 11.2. The summed E-state index contributed by atoms with van der Waals surface area (Å²) in [5.41, 5.74) is 0. The average molecular weight is 254 g/mol. The maximum atomic E-state index is 11.2. The van der Waals surface area contributed by atoms with Crippen LogP contribution < -0.4 is 0 Å². The molecule has 0 spiro atoms. The van der Waals surface area contributed by atoms with E-state index in [1.807, 2.05) is 0 Å². The Morgan fingerprint density at radius 2 is 1.94 bits per heavy atom. The number of carbonyl (C=O) groups excluding carboxylic acids is 2. The van der Waals surface area contributed by atoms with E-state index in [1.54, 1.807) is 13.0 Å². The van der Waals surface area contributed by atoms with Crippen LogP contribution in [0.2, 0.25) is 0 Å². The van der Waals surface area contributed by atoms with Gasteiger partial charge in [-0.15, -0.1) is 0 Å². The van der Waals surface area contributed by atoms with Crippen molar-refractivity contribution < 1.29 is 23.8 Å². The number of allylic oxidation sites excluding steroid dienone is 1. The zero-order chi connectivity index (χ0) is 13.7. The first-order chi connectivity index (χ1) is 8.40. The van der Waals surface area contributed by atoms with Gasteiger partial charge in [0.1, 0.15) is 11.9 Å². The Bertz CT molecular complexity index is 372. The molecular weight excluding hydrogens is 236 g/mol. The van der Waals surface area contributed by atoms with Gasteiger partial charge >= 0.3 is 5.97 Å². The van der Waals surface area contributed by atoms with Crippen LogP contribution in [0.15, 0.2) is 24.7 Å². The van der Waals surface area contributed by atoms with Crippen LogP contribution in [0.3, 0.4) is 0 Å². The molecule has 1 aliphatic heterocycles. The zero-order valence-electron chi connectivity index (χ0n) is 10.8. The van der Waals surface area contributed by atoms with Crippen molar-refractivity contribution >= 4 is 11.8 Å². The lowest BCUT2D eigenvalue weighted by atomic mass is 10.0. The molecule has 1 aliphatic rings. The van der Waals surface area contributed by atoms with Crippen LogP contribution in [0.1, 0.15) is 27.2 Å². The third-order valence-corrected chi connectivity index (χ3v) is 2.34. The van der Waals surface area contributed by atoms with Gasteiger partial charge in [-0.2, -0.15) is 0 Å². The molecule has 1 heterocycles. The van der Waals surface area contributed by atoms with E-state index >= 15 is 0 Å². The van der Waals surface area contributed by atoms with Crippen molar-refractivity contribution in [2.24, 2.45) is 0 Å². The SMILES string of the molecule is C=C(C)O[C@@H]1[C@H](CC(C)=O)OC=C[C@H]1OC(C)=O. The Morgan fingerprint density at radius 3 is 2.44 bits per heavy atom. The maximum Gasteiger partial charge on any atom is 0.303 e. The minimum atomic E-state index is -0.572. The van der Waals surface area contributed by atoms with Crippen molar-refractivity contribution in [3.63, 3.8) is 0 Å². The van der Waals surface area contributed by atoms with Crippen LogP contribution >= 0.6 is 0 Å². The Morgan fingerprint density at radius 1 is 1.28 bits per heavy atom. The van der Waals surface area contributed by atoms with E-state index in [0.29, 0.717) is 5.76 Å². The predicted octanol–water partition coefficient (Wildman–Crippen LogP) is 1.73. The highest BCUT2D eigenvalue weighted by Gasteiger charge is 2.36. The van der Waals surface area contributed by atoms with Gasteiger partial charge in [-0.1, -0.05) is 6.58 Å². The molecule has 0 radical (unpaired) electrons. The van der Waals surface area contributed by atoms with Crippen molar-refractivity contribution in [2.75, 3.05) is 0 Å². The lowest BCUT2D eigenvalue weighted by molar-refractivity contribution is -0.157. The Hall–Kier alpha value is -1.78. The summed E-state index contributed by atoms with van der Waals surface area (Å²) in [6.45, 7) is 8.13. The van der Waals surface area contributed by atoms with Gasteiger partial charge in [-0.25, -0.2) is 0 Å². The molecule has 18 heavy (non-hydrogen) atoms. The summed E-state index contributed by atoms with van der Waals surface area (Å²) in [4.78, 5) is 22.2. The normalized spacial score (nSPS) is 26.1. The Balaban J connectivity index is 2.84. The first-order valence-corrected chi connectivity index (χ1v) is 5.71. The third kappa shape index (κ3) is 4.24. The molecule has 0 N–H and O–H groups in total. The highest BCUT2D eigenvalue weighted by molar-refractivity contribution is 5.76. The van der Waals surface area contributed by atoms with E-state index in [1.165, 1.54) is 20.1 Å². The molecule has 5 nitrogen and oxygen atoms in total. The van der Waals surface area contributed by atoms with E-state index in [4.69, 9.17) is 14.2 Å². The number of esters is 1. The van der Waals surface area contributed by atoms with E-state index in [2.05, 4.69) is 6.58 Å². The Kier molecular flexibility index (Phi) is 4.95. The number of hydrogen-bond acceptors (Lipinski definition) is 5. The second kappa shape index (κ2) is 6.23. The summed E-state index contributed by atoms with van der Waals surface area (Å²) < 4.78 is 16.0. The van der Waals surface area contributed by atoms with Gasteiger partial charge in [0.05, 0.1) is 12.0 Å². The standard InChI is InChI=1S/C13H18O5/c1-8(2)17-13-11(18-10(4)15)5-6-16-12(13)7-9(3)14/h5-6,11-13H,1,7H2,2-4H3/t11-,12+,13+/m1/s1. The highest BCUT2D eigenvalue weighted by Crippen LogP contribution is 2.23. The molecule has 0 unspecified atom stereocenters. The molecule has 5 heteroatoms. The molecule has 3 atom stereocenters. The molecule has 0 fully saturated rings. The van der Waals surface area contributed by atoms with Crippen LogP contribution in [0.5, 0.6) is 0 Å². The summed E-state index contributed by atoms with van der Waals surface area (Å²) in [7, 11) is 0.